The van der Waals surface area contributed by atoms with Crippen LogP contribution in [0.5, 0.6) is 0 Å². The Morgan fingerprint density at radius 1 is 1.10 bits per heavy atom. The highest BCUT2D eigenvalue weighted by Gasteiger charge is 2.56. The van der Waals surface area contributed by atoms with Gasteiger partial charge in [0.2, 0.25) is 0 Å². The summed E-state index contributed by atoms with van der Waals surface area (Å²) >= 11 is 0. The molecule has 3 N–H and O–H groups in total. The number of anilines is 1. The quantitative estimate of drug-likeness (QED) is 0.247. The summed E-state index contributed by atoms with van der Waals surface area (Å²) in [4.78, 5) is 29.3. The van der Waals surface area contributed by atoms with Gasteiger partial charge in [-0.05, 0) is 98.1 Å². The van der Waals surface area contributed by atoms with Crippen LogP contribution in [0.1, 0.15) is 64.8 Å². The van der Waals surface area contributed by atoms with Gasteiger partial charge in [-0.15, -0.1) is 0 Å². The van der Waals surface area contributed by atoms with E-state index in [9.17, 15) is 14.3 Å². The first-order chi connectivity index (χ1) is 23.0. The van der Waals surface area contributed by atoms with Crippen molar-refractivity contribution >= 4 is 22.5 Å². The molecule has 3 saturated carbocycles. The Hall–Kier alpha value is -3.34. The van der Waals surface area contributed by atoms with Crippen LogP contribution in [-0.4, -0.2) is 81.3 Å². The Balaban J connectivity index is 1.20. The van der Waals surface area contributed by atoms with Gasteiger partial charge < -0.3 is 20.6 Å². The van der Waals surface area contributed by atoms with Gasteiger partial charge in [0.25, 0.3) is 5.56 Å². The van der Waals surface area contributed by atoms with Crippen LogP contribution in [0, 0.1) is 29.0 Å². The lowest BCUT2D eigenvalue weighted by atomic mass is 9.45. The molecule has 0 radical (unpaired) electrons. The van der Waals surface area contributed by atoms with Crippen molar-refractivity contribution in [3.05, 3.63) is 70.0 Å². The lowest BCUT2D eigenvalue weighted by Crippen LogP contribution is -2.57. The maximum absolute atomic E-state index is 14.1. The van der Waals surface area contributed by atoms with Crippen molar-refractivity contribution in [1.82, 2.24) is 24.7 Å². The van der Waals surface area contributed by atoms with Crippen molar-refractivity contribution < 1.29 is 9.50 Å². The molecule has 2 saturated heterocycles. The van der Waals surface area contributed by atoms with E-state index in [1.54, 1.807) is 16.7 Å². The number of aliphatic imine (C=N–C) groups is 1. The molecule has 3 heterocycles. The molecule has 2 aliphatic heterocycles. The van der Waals surface area contributed by atoms with E-state index >= 15 is 0 Å². The molecule has 2 aromatic carbocycles. The number of fused-ring (bicyclic) bond motifs is 3. The standard InChI is InChI=1S/C38H52FN7O2/c1-24-22-45(18-14-40-24)37(43-33-20-27-19-32(25(33)2)38(27,3)4)41-29-9-10-31-34(21-29)42-35(23-44-15-12-30(47)13-16-44)46(36(31)48)17-11-26-5-7-28(39)8-6-26/h5-10,21,24-25,27,30,32-33,40,47H,11-20,22-23H2,1-4H3,(H,41,43)/t24-,25-,27?,32-,33-/m0/s1. The average molecular weight is 658 g/mol. The summed E-state index contributed by atoms with van der Waals surface area (Å²) in [5, 5.41) is 17.9. The second-order valence-corrected chi connectivity index (χ2v) is 15.5. The molecule has 5 atom stereocenters. The Bertz CT molecular complexity index is 1700. The highest BCUT2D eigenvalue weighted by Crippen LogP contribution is 2.61. The van der Waals surface area contributed by atoms with Crippen LogP contribution in [-0.2, 0) is 19.5 Å². The summed E-state index contributed by atoms with van der Waals surface area (Å²) in [5.41, 5.74) is 2.85. The predicted molar refractivity (Wildman–Crippen MR) is 190 cm³/mol. The third-order valence-corrected chi connectivity index (χ3v) is 12.0. The lowest BCUT2D eigenvalue weighted by Gasteiger charge is -2.61. The van der Waals surface area contributed by atoms with Crippen molar-refractivity contribution in [1.29, 1.82) is 0 Å². The number of aromatic nitrogens is 2. The number of piperazine rings is 1. The molecule has 3 aliphatic carbocycles. The van der Waals surface area contributed by atoms with Crippen LogP contribution >= 0.6 is 0 Å². The molecule has 9 nitrogen and oxygen atoms in total. The molecule has 5 aliphatic rings. The molecule has 10 heteroatoms. The largest absolute Gasteiger partial charge is 0.393 e. The summed E-state index contributed by atoms with van der Waals surface area (Å²) < 4.78 is 15.3. The van der Waals surface area contributed by atoms with E-state index < -0.39 is 0 Å². The number of halogens is 1. The van der Waals surface area contributed by atoms with Gasteiger partial charge in [0.1, 0.15) is 11.6 Å². The summed E-state index contributed by atoms with van der Waals surface area (Å²) in [5.74, 6) is 3.34. The van der Waals surface area contributed by atoms with Crippen molar-refractivity contribution in [2.45, 2.75) is 91.1 Å². The molecule has 0 amide bonds. The van der Waals surface area contributed by atoms with Crippen LogP contribution < -0.4 is 16.2 Å². The molecule has 5 fully saturated rings. The molecule has 1 aromatic heterocycles. The summed E-state index contributed by atoms with van der Waals surface area (Å²) in [6.07, 6.45) is 4.21. The maximum Gasteiger partial charge on any atom is 0.261 e. The minimum absolute atomic E-state index is 0.0663. The number of nitrogens with zero attached hydrogens (tertiary/aromatic N) is 5. The minimum Gasteiger partial charge on any atom is -0.393 e. The van der Waals surface area contributed by atoms with E-state index in [1.807, 2.05) is 18.2 Å². The zero-order valence-corrected chi connectivity index (χ0v) is 29.0. The molecular formula is C38H52FN7O2. The van der Waals surface area contributed by atoms with Crippen molar-refractivity contribution in [3.63, 3.8) is 0 Å². The fourth-order valence-corrected chi connectivity index (χ4v) is 8.76. The van der Waals surface area contributed by atoms with Gasteiger partial charge in [-0.3, -0.25) is 14.3 Å². The molecule has 2 bridgehead atoms. The van der Waals surface area contributed by atoms with Crippen LogP contribution in [0.2, 0.25) is 0 Å². The van der Waals surface area contributed by atoms with E-state index in [-0.39, 0.29) is 23.5 Å². The highest BCUT2D eigenvalue weighted by atomic mass is 19.1. The SMILES string of the molecule is C[C@@H]1[C@@H](N=C(Nc2ccc3c(=O)n(CCc4ccc(F)cc4)c(CN4CCC(O)CC4)nc3c2)N2CCN[C@@H](C)C2)CC2C[C@@H]1C2(C)C. The first-order valence-corrected chi connectivity index (χ1v) is 18.1. The van der Waals surface area contributed by atoms with Gasteiger partial charge in [-0.25, -0.2) is 14.4 Å². The zero-order valence-electron chi connectivity index (χ0n) is 29.0. The summed E-state index contributed by atoms with van der Waals surface area (Å²) in [6, 6.07) is 13.0. The lowest BCUT2D eigenvalue weighted by molar-refractivity contribution is -0.108. The van der Waals surface area contributed by atoms with Crippen LogP contribution in [0.25, 0.3) is 10.9 Å². The number of aliphatic hydroxyl groups is 1. The molecule has 3 aromatic rings. The number of rotatable bonds is 7. The number of piperidine rings is 1. The number of nitrogens with one attached hydrogen (secondary N) is 2. The molecule has 0 spiro atoms. The number of guanidine groups is 1. The molecule has 258 valence electrons. The Morgan fingerprint density at radius 2 is 1.88 bits per heavy atom. The van der Waals surface area contributed by atoms with Crippen molar-refractivity contribution in [2.75, 3.05) is 38.0 Å². The number of hydrogen-bond donors (Lipinski definition) is 3. The first-order valence-electron chi connectivity index (χ1n) is 18.1. The van der Waals surface area contributed by atoms with E-state index in [4.69, 9.17) is 9.98 Å². The monoisotopic (exact) mass is 657 g/mol. The van der Waals surface area contributed by atoms with E-state index in [1.165, 1.54) is 18.6 Å². The maximum atomic E-state index is 14.1. The fraction of sp³-hybridized carbons (Fsp3) is 0.605. The molecular weight excluding hydrogens is 605 g/mol. The molecule has 8 rings (SSSR count). The second kappa shape index (κ2) is 13.5. The number of aryl methyl sites for hydroxylation is 1. The van der Waals surface area contributed by atoms with Gasteiger partial charge in [0.05, 0.1) is 29.6 Å². The highest BCUT2D eigenvalue weighted by molar-refractivity contribution is 5.96. The predicted octanol–water partition coefficient (Wildman–Crippen LogP) is 4.87. The van der Waals surface area contributed by atoms with Crippen molar-refractivity contribution in [3.8, 4) is 0 Å². The smallest absolute Gasteiger partial charge is 0.261 e. The first kappa shape index (κ1) is 33.2. The number of likely N-dealkylation sites (tertiary alicyclic amines) is 1. The van der Waals surface area contributed by atoms with E-state index in [2.05, 4.69) is 48.1 Å². The average Bonchev–Trinajstić information content (AvgIpc) is 3.06. The van der Waals surface area contributed by atoms with Gasteiger partial charge in [0, 0.05) is 51.0 Å². The van der Waals surface area contributed by atoms with Gasteiger partial charge in [-0.1, -0.05) is 32.9 Å². The van der Waals surface area contributed by atoms with E-state index in [0.29, 0.717) is 72.4 Å². The van der Waals surface area contributed by atoms with Crippen molar-refractivity contribution in [2.24, 2.45) is 28.2 Å². The normalized spacial score (nSPS) is 28.0. The minimum atomic E-state index is -0.275. The summed E-state index contributed by atoms with van der Waals surface area (Å²) in [7, 11) is 0. The van der Waals surface area contributed by atoms with Crippen LogP contribution in [0.15, 0.2) is 52.3 Å². The third-order valence-electron chi connectivity index (χ3n) is 12.0. The Kier molecular flexibility index (Phi) is 9.34. The van der Waals surface area contributed by atoms with Gasteiger partial charge in [-0.2, -0.15) is 0 Å². The number of aliphatic hydroxyl groups excluding tert-OH is 1. The Morgan fingerprint density at radius 3 is 2.58 bits per heavy atom. The molecule has 1 unspecified atom stereocenters. The summed E-state index contributed by atoms with van der Waals surface area (Å²) in [6.45, 7) is 14.6. The van der Waals surface area contributed by atoms with Crippen LogP contribution in [0.3, 0.4) is 0 Å². The second-order valence-electron chi connectivity index (χ2n) is 15.5. The van der Waals surface area contributed by atoms with E-state index in [0.717, 1.165) is 62.3 Å². The van der Waals surface area contributed by atoms with Gasteiger partial charge >= 0.3 is 0 Å². The Labute approximate surface area is 283 Å². The zero-order chi connectivity index (χ0) is 33.6. The topological polar surface area (TPSA) is 98.0 Å². The van der Waals surface area contributed by atoms with Crippen LogP contribution in [0.4, 0.5) is 10.1 Å². The molecule has 48 heavy (non-hydrogen) atoms. The third kappa shape index (κ3) is 6.76. The fourth-order valence-electron chi connectivity index (χ4n) is 8.76. The number of hydrogen-bond acceptors (Lipinski definition) is 6. The number of benzene rings is 2. The van der Waals surface area contributed by atoms with Gasteiger partial charge in [0.15, 0.2) is 5.96 Å².